The van der Waals surface area contributed by atoms with Gasteiger partial charge in [0.25, 0.3) is 0 Å². The molecule has 184 valence electrons. The van der Waals surface area contributed by atoms with Gasteiger partial charge in [-0.05, 0) is 0 Å². The molecule has 0 aliphatic heterocycles. The van der Waals surface area contributed by atoms with Crippen LogP contribution in [0.25, 0.3) is 0 Å². The zero-order valence-electron chi connectivity index (χ0n) is 8.13. The normalized spacial score (nSPS) is 0. The van der Waals surface area contributed by atoms with Crippen molar-refractivity contribution in [2.75, 3.05) is 0 Å². The summed E-state index contributed by atoms with van der Waals surface area (Å²) in [6.45, 7) is 0. The van der Waals surface area contributed by atoms with Crippen molar-refractivity contribution in [3.63, 3.8) is 0 Å². The van der Waals surface area contributed by atoms with Crippen molar-refractivity contribution >= 4 is 0 Å². The van der Waals surface area contributed by atoms with Gasteiger partial charge in [-0.2, -0.15) is 0 Å². The molecule has 0 aromatic rings. The van der Waals surface area contributed by atoms with E-state index in [4.69, 9.17) is 0 Å². The predicted octanol–water partition coefficient (Wildman–Crippen LogP) is -0.0575. The maximum Gasteiger partial charge on any atom is 0 e. The fourth-order valence-electron chi connectivity index (χ4n) is 0. The van der Waals surface area contributed by atoms with Gasteiger partial charge < -0.3 is 0 Å². The zero-order chi connectivity index (χ0) is 0. The van der Waals surface area contributed by atoms with Crippen LogP contribution < -0.4 is 0 Å². The van der Waals surface area contributed by atoms with Gasteiger partial charge >= 0.3 is 0 Å². The fourth-order valence-corrected chi connectivity index (χ4v) is 0. The maximum atomic E-state index is 0. The standard InChI is InChI=1S/23Os. The first-order valence-corrected chi connectivity index (χ1v) is 0. The Labute approximate surface area is 443 Å². The Morgan fingerprint density at radius 2 is 0.0435 bits per heavy atom. The van der Waals surface area contributed by atoms with Crippen LogP contribution in [0.2, 0.25) is 0 Å². The monoisotopic (exact) mass is 4420 g/mol. The summed E-state index contributed by atoms with van der Waals surface area (Å²) in [6.07, 6.45) is 0. The molecule has 0 aliphatic rings. The van der Waals surface area contributed by atoms with E-state index in [-0.39, 0.29) is 455 Å². The van der Waals surface area contributed by atoms with Crippen molar-refractivity contribution in [3.05, 3.63) is 0 Å². The Bertz CT molecular complexity index is 0. The van der Waals surface area contributed by atoms with Gasteiger partial charge in [-0.15, -0.1) is 0 Å². The van der Waals surface area contributed by atoms with E-state index in [1.807, 2.05) is 0 Å². The minimum Gasteiger partial charge on any atom is 0 e. The zero-order valence-corrected chi connectivity index (χ0v) is 66.6. The second-order valence-electron chi connectivity index (χ2n) is 0. The molecule has 23 heavy (non-hydrogen) atoms. The molecule has 0 aromatic heterocycles. The fraction of sp³-hybridized carbons (Fsp3) is 0. The summed E-state index contributed by atoms with van der Waals surface area (Å²) in [4.78, 5) is 0. The Kier molecular flexibility index (Phi) is 2230. The van der Waals surface area contributed by atoms with E-state index in [2.05, 4.69) is 0 Å². The van der Waals surface area contributed by atoms with Gasteiger partial charge in [-0.25, -0.2) is 0 Å². The van der Waals surface area contributed by atoms with Crippen molar-refractivity contribution in [2.45, 2.75) is 0 Å². The number of hydrogen-bond acceptors (Lipinski definition) is 0. The first-order chi connectivity index (χ1) is 0. The van der Waals surface area contributed by atoms with Crippen LogP contribution >= 0.6 is 0 Å². The van der Waals surface area contributed by atoms with E-state index in [1.165, 1.54) is 0 Å². The molecule has 0 rings (SSSR count). The van der Waals surface area contributed by atoms with Crippen LogP contribution in [0.5, 0.6) is 0 Å². The molecule has 0 saturated carbocycles. The van der Waals surface area contributed by atoms with Crippen LogP contribution in [-0.2, 0) is 455 Å². The van der Waals surface area contributed by atoms with Gasteiger partial charge in [-0.3, -0.25) is 0 Å². The minimum atomic E-state index is 0. The molecular weight excluding hydrogens is 4380 g/mol. The third kappa shape index (κ3) is 205. The van der Waals surface area contributed by atoms with Crippen LogP contribution in [0, 0.1) is 0 Å². The maximum absolute atomic E-state index is 0. The van der Waals surface area contributed by atoms with E-state index < -0.39 is 0 Å². The van der Waals surface area contributed by atoms with Crippen molar-refractivity contribution in [1.82, 2.24) is 0 Å². The molecule has 0 saturated heterocycles. The third-order valence-corrected chi connectivity index (χ3v) is 0. The molecule has 0 fully saturated rings. The molecule has 23 heteroatoms. The second-order valence-corrected chi connectivity index (χ2v) is 0. The van der Waals surface area contributed by atoms with Crippen molar-refractivity contribution in [1.29, 1.82) is 0 Å². The second kappa shape index (κ2) is 217. The molecule has 0 unspecified atom stereocenters. The van der Waals surface area contributed by atoms with E-state index >= 15 is 0 Å². The number of rotatable bonds is 0. The molecule has 0 spiro atoms. The van der Waals surface area contributed by atoms with Gasteiger partial charge in [0.2, 0.25) is 0 Å². The topological polar surface area (TPSA) is 0 Å². The first kappa shape index (κ1) is 236. The summed E-state index contributed by atoms with van der Waals surface area (Å²) in [5, 5.41) is 0. The molecule has 0 atom stereocenters. The van der Waals surface area contributed by atoms with Crippen LogP contribution in [0.15, 0.2) is 0 Å². The molecule has 0 N–H and O–H groups in total. The molecule has 0 heterocycles. The summed E-state index contributed by atoms with van der Waals surface area (Å²) in [7, 11) is 0. The largest absolute Gasteiger partial charge is 0 e. The Balaban J connectivity index is 0. The first-order valence-electron chi connectivity index (χ1n) is 0. The molecule has 0 aromatic carbocycles. The Morgan fingerprint density at radius 3 is 0.0435 bits per heavy atom. The molecule has 0 amide bonds. The molecular formula is Os23. The average molecular weight is 4380 g/mol. The van der Waals surface area contributed by atoms with E-state index in [9.17, 15) is 0 Å². The number of hydrogen-bond donors (Lipinski definition) is 0. The van der Waals surface area contributed by atoms with Crippen molar-refractivity contribution in [2.24, 2.45) is 0 Å². The van der Waals surface area contributed by atoms with Crippen molar-refractivity contribution < 1.29 is 455 Å². The quantitative estimate of drug-likeness (QED) is 0.320. The SMILES string of the molecule is [Os].[Os].[Os].[Os].[Os].[Os].[Os].[Os].[Os].[Os].[Os].[Os].[Os].[Os].[Os].[Os].[Os].[Os].[Os].[Os].[Os].[Os].[Os]. The summed E-state index contributed by atoms with van der Waals surface area (Å²) in [5.41, 5.74) is 0. The average Bonchev–Trinajstić information content (AvgIpc) is 0. The van der Waals surface area contributed by atoms with Crippen LogP contribution in [0.3, 0.4) is 0 Å². The van der Waals surface area contributed by atoms with Crippen LogP contribution in [-0.4, -0.2) is 0 Å². The van der Waals surface area contributed by atoms with Gasteiger partial charge in [0.15, 0.2) is 0 Å². The third-order valence-electron chi connectivity index (χ3n) is 0. The van der Waals surface area contributed by atoms with E-state index in [0.29, 0.717) is 0 Å². The molecule has 0 nitrogen and oxygen atoms in total. The summed E-state index contributed by atoms with van der Waals surface area (Å²) in [6, 6.07) is 0. The smallest absolute Gasteiger partial charge is 0 e. The van der Waals surface area contributed by atoms with Crippen LogP contribution in [0.1, 0.15) is 0 Å². The van der Waals surface area contributed by atoms with Gasteiger partial charge in [-0.1, -0.05) is 0 Å². The molecule has 0 bridgehead atoms. The van der Waals surface area contributed by atoms with E-state index in [0.717, 1.165) is 0 Å². The van der Waals surface area contributed by atoms with Gasteiger partial charge in [0, 0.05) is 455 Å². The minimum absolute atomic E-state index is 0. The van der Waals surface area contributed by atoms with Gasteiger partial charge in [0.1, 0.15) is 0 Å². The van der Waals surface area contributed by atoms with E-state index in [1.54, 1.807) is 0 Å². The summed E-state index contributed by atoms with van der Waals surface area (Å²) >= 11 is 0. The summed E-state index contributed by atoms with van der Waals surface area (Å²) < 4.78 is 0. The van der Waals surface area contributed by atoms with Gasteiger partial charge in [0.05, 0.1) is 0 Å². The molecule has 0 radical (unpaired) electrons. The Morgan fingerprint density at radius 1 is 0.0435 bits per heavy atom. The van der Waals surface area contributed by atoms with Crippen LogP contribution in [0.4, 0.5) is 0 Å². The molecule has 0 aliphatic carbocycles. The summed E-state index contributed by atoms with van der Waals surface area (Å²) in [5.74, 6) is 0. The Hall–Kier alpha value is 14.6. The van der Waals surface area contributed by atoms with Crippen molar-refractivity contribution in [3.8, 4) is 0 Å². The predicted molar refractivity (Wildman–Crippen MR) is 0 cm³/mol.